The molecule has 0 aliphatic rings. The molecule has 1 aromatic heterocycles. The maximum absolute atomic E-state index is 6.17. The lowest BCUT2D eigenvalue weighted by atomic mass is 10.0. The Balaban J connectivity index is 1.12. The smallest absolute Gasteiger partial charge is 0.227 e. The Morgan fingerprint density at radius 1 is 0.439 bits per heavy atom. The number of fused-ring (bicyclic) bond motifs is 1. The minimum Gasteiger partial charge on any atom is -0.457 e. The zero-order valence-electron chi connectivity index (χ0n) is 22.2. The summed E-state index contributed by atoms with van der Waals surface area (Å²) >= 11 is 0. The number of benzene rings is 6. The fourth-order valence-corrected chi connectivity index (χ4v) is 4.92. The summed E-state index contributed by atoms with van der Waals surface area (Å²) < 4.78 is 12.1. The summed E-state index contributed by atoms with van der Waals surface area (Å²) in [6.45, 7) is 0. The van der Waals surface area contributed by atoms with E-state index >= 15 is 0 Å². The summed E-state index contributed by atoms with van der Waals surface area (Å²) in [5.74, 6) is 2.10. The van der Waals surface area contributed by atoms with E-state index in [0.717, 1.165) is 45.2 Å². The van der Waals surface area contributed by atoms with Gasteiger partial charge in [-0.2, -0.15) is 0 Å². The molecule has 7 rings (SSSR count). The molecule has 196 valence electrons. The van der Waals surface area contributed by atoms with Crippen LogP contribution in [0.5, 0.6) is 11.5 Å². The van der Waals surface area contributed by atoms with E-state index in [0.29, 0.717) is 5.89 Å². The number of hydrogen-bond donors (Lipinski definition) is 0. The molecule has 4 nitrogen and oxygen atoms in total. The first kappa shape index (κ1) is 24.4. The van der Waals surface area contributed by atoms with E-state index in [-0.39, 0.29) is 0 Å². The van der Waals surface area contributed by atoms with Crippen molar-refractivity contribution in [3.8, 4) is 34.1 Å². The number of ether oxygens (including phenoxy) is 1. The predicted molar refractivity (Wildman–Crippen MR) is 166 cm³/mol. The van der Waals surface area contributed by atoms with Crippen molar-refractivity contribution in [1.82, 2.24) is 4.98 Å². The molecule has 0 N–H and O–H groups in total. The van der Waals surface area contributed by atoms with Crippen LogP contribution in [-0.4, -0.2) is 4.98 Å². The summed E-state index contributed by atoms with van der Waals surface area (Å²) in [6.07, 6.45) is 0. The summed E-state index contributed by atoms with van der Waals surface area (Å²) in [4.78, 5) is 6.82. The van der Waals surface area contributed by atoms with Gasteiger partial charge >= 0.3 is 0 Å². The number of anilines is 3. The Labute approximate surface area is 238 Å². The van der Waals surface area contributed by atoms with Gasteiger partial charge in [-0.15, -0.1) is 0 Å². The lowest BCUT2D eigenvalue weighted by Gasteiger charge is -2.25. The van der Waals surface area contributed by atoms with Crippen LogP contribution in [0.2, 0.25) is 0 Å². The first-order valence-corrected chi connectivity index (χ1v) is 13.5. The molecular formula is C37H26N2O2. The van der Waals surface area contributed by atoms with Gasteiger partial charge in [-0.1, -0.05) is 72.8 Å². The van der Waals surface area contributed by atoms with Crippen molar-refractivity contribution in [3.05, 3.63) is 158 Å². The topological polar surface area (TPSA) is 38.5 Å². The van der Waals surface area contributed by atoms with Gasteiger partial charge in [-0.05, 0) is 96.1 Å². The Morgan fingerprint density at radius 3 is 1.59 bits per heavy atom. The van der Waals surface area contributed by atoms with Gasteiger partial charge < -0.3 is 14.1 Å². The Morgan fingerprint density at radius 2 is 0.927 bits per heavy atom. The number of hydrogen-bond acceptors (Lipinski definition) is 4. The normalized spacial score (nSPS) is 10.9. The highest BCUT2D eigenvalue weighted by Crippen LogP contribution is 2.37. The Bertz CT molecular complexity index is 1850. The largest absolute Gasteiger partial charge is 0.457 e. The number of aromatic nitrogens is 1. The molecular weight excluding hydrogens is 504 g/mol. The average molecular weight is 531 g/mol. The van der Waals surface area contributed by atoms with Gasteiger partial charge in [0.05, 0.1) is 0 Å². The molecule has 4 heteroatoms. The monoisotopic (exact) mass is 530 g/mol. The third kappa shape index (κ3) is 5.19. The SMILES string of the molecule is c1ccc(-c2ccc(N(c3ccccc3)c3ccc(Oc4ccc(-c5nc6ccccc6o5)cc4)cc3)cc2)cc1. The van der Waals surface area contributed by atoms with Crippen molar-refractivity contribution in [2.75, 3.05) is 4.90 Å². The second kappa shape index (κ2) is 10.9. The lowest BCUT2D eigenvalue weighted by Crippen LogP contribution is -2.09. The summed E-state index contributed by atoms with van der Waals surface area (Å²) in [7, 11) is 0. The van der Waals surface area contributed by atoms with E-state index in [1.165, 1.54) is 11.1 Å². The zero-order chi connectivity index (χ0) is 27.4. The Kier molecular flexibility index (Phi) is 6.48. The second-order valence-electron chi connectivity index (χ2n) is 9.69. The first-order chi connectivity index (χ1) is 20.3. The van der Waals surface area contributed by atoms with E-state index in [4.69, 9.17) is 9.15 Å². The molecule has 41 heavy (non-hydrogen) atoms. The maximum Gasteiger partial charge on any atom is 0.227 e. The fourth-order valence-electron chi connectivity index (χ4n) is 4.92. The van der Waals surface area contributed by atoms with Crippen molar-refractivity contribution >= 4 is 28.2 Å². The average Bonchev–Trinajstić information content (AvgIpc) is 3.48. The lowest BCUT2D eigenvalue weighted by molar-refractivity contribution is 0.482. The molecule has 6 aromatic carbocycles. The fraction of sp³-hybridized carbons (Fsp3) is 0. The van der Waals surface area contributed by atoms with Crippen LogP contribution in [0.15, 0.2) is 162 Å². The third-order valence-electron chi connectivity index (χ3n) is 6.97. The van der Waals surface area contributed by atoms with Crippen molar-refractivity contribution in [1.29, 1.82) is 0 Å². The summed E-state index contributed by atoms with van der Waals surface area (Å²) in [5.41, 5.74) is 8.13. The molecule has 0 fully saturated rings. The minimum atomic E-state index is 0.597. The van der Waals surface area contributed by atoms with E-state index < -0.39 is 0 Å². The standard InChI is InChI=1S/C37H26N2O2/c1-3-9-27(10-4-1)28-15-19-31(20-16-28)39(30-11-5-2-6-12-30)32-21-25-34(26-22-32)40-33-23-17-29(18-24-33)37-38-35-13-7-8-14-36(35)41-37/h1-26H. The van der Waals surface area contributed by atoms with E-state index in [9.17, 15) is 0 Å². The predicted octanol–water partition coefficient (Wildman–Crippen LogP) is 10.4. The number of oxazole rings is 1. The van der Waals surface area contributed by atoms with Gasteiger partial charge in [-0.25, -0.2) is 4.98 Å². The van der Waals surface area contributed by atoms with Crippen LogP contribution in [-0.2, 0) is 0 Å². The van der Waals surface area contributed by atoms with E-state index in [1.807, 2.05) is 72.8 Å². The van der Waals surface area contributed by atoms with Gasteiger partial charge in [0.2, 0.25) is 5.89 Å². The zero-order valence-corrected chi connectivity index (χ0v) is 22.2. The second-order valence-corrected chi connectivity index (χ2v) is 9.69. The number of nitrogens with zero attached hydrogens (tertiary/aromatic N) is 2. The highest BCUT2D eigenvalue weighted by molar-refractivity contribution is 5.79. The molecule has 0 aliphatic carbocycles. The molecule has 0 saturated carbocycles. The van der Waals surface area contributed by atoms with Crippen molar-refractivity contribution in [3.63, 3.8) is 0 Å². The summed E-state index contributed by atoms with van der Waals surface area (Å²) in [6, 6.07) is 53.2. The van der Waals surface area contributed by atoms with Crippen LogP contribution in [0.25, 0.3) is 33.7 Å². The van der Waals surface area contributed by atoms with Crippen LogP contribution < -0.4 is 9.64 Å². The maximum atomic E-state index is 6.17. The quantitative estimate of drug-likeness (QED) is 0.205. The molecule has 0 saturated heterocycles. The van der Waals surface area contributed by atoms with Gasteiger partial charge in [0, 0.05) is 22.6 Å². The van der Waals surface area contributed by atoms with Gasteiger partial charge in [0.25, 0.3) is 0 Å². The van der Waals surface area contributed by atoms with Gasteiger partial charge in [0.15, 0.2) is 5.58 Å². The van der Waals surface area contributed by atoms with Crippen LogP contribution in [0.4, 0.5) is 17.1 Å². The van der Waals surface area contributed by atoms with Crippen molar-refractivity contribution in [2.24, 2.45) is 0 Å². The molecule has 1 heterocycles. The van der Waals surface area contributed by atoms with E-state index in [1.54, 1.807) is 0 Å². The van der Waals surface area contributed by atoms with Crippen LogP contribution in [0.1, 0.15) is 0 Å². The molecule has 0 bridgehead atoms. The van der Waals surface area contributed by atoms with Crippen LogP contribution >= 0.6 is 0 Å². The van der Waals surface area contributed by atoms with Gasteiger partial charge in [0.1, 0.15) is 17.0 Å². The molecule has 0 spiro atoms. The third-order valence-corrected chi connectivity index (χ3v) is 6.97. The molecule has 0 amide bonds. The van der Waals surface area contributed by atoms with Crippen molar-refractivity contribution < 1.29 is 9.15 Å². The van der Waals surface area contributed by atoms with E-state index in [2.05, 4.69) is 94.8 Å². The number of para-hydroxylation sites is 3. The first-order valence-electron chi connectivity index (χ1n) is 13.5. The Hall–Kier alpha value is -5.61. The molecule has 0 radical (unpaired) electrons. The highest BCUT2D eigenvalue weighted by atomic mass is 16.5. The minimum absolute atomic E-state index is 0.597. The molecule has 0 atom stereocenters. The van der Waals surface area contributed by atoms with Crippen molar-refractivity contribution in [2.45, 2.75) is 0 Å². The van der Waals surface area contributed by atoms with Crippen LogP contribution in [0, 0.1) is 0 Å². The van der Waals surface area contributed by atoms with Gasteiger partial charge in [-0.3, -0.25) is 0 Å². The summed E-state index contributed by atoms with van der Waals surface area (Å²) in [5, 5.41) is 0. The van der Waals surface area contributed by atoms with Crippen LogP contribution in [0.3, 0.4) is 0 Å². The molecule has 7 aromatic rings. The highest BCUT2D eigenvalue weighted by Gasteiger charge is 2.13. The number of rotatable bonds is 7. The molecule has 0 aliphatic heterocycles. The molecule has 0 unspecified atom stereocenters.